The van der Waals surface area contributed by atoms with Gasteiger partial charge in [-0.25, -0.2) is 4.98 Å². The molecule has 3 nitrogen and oxygen atoms in total. The average molecular weight is 233 g/mol. The number of hydrogen-bond acceptors (Lipinski definition) is 3. The minimum absolute atomic E-state index is 0.273. The lowest BCUT2D eigenvalue weighted by Crippen LogP contribution is -2.32. The third-order valence-corrected chi connectivity index (χ3v) is 2.09. The molecule has 1 aromatic rings. The summed E-state index contributed by atoms with van der Waals surface area (Å²) in [6, 6.07) is 2.99. The molecule has 0 fully saturated rings. The van der Waals surface area contributed by atoms with Crippen LogP contribution in [-0.2, 0) is 0 Å². The fourth-order valence-corrected chi connectivity index (χ4v) is 1.43. The summed E-state index contributed by atoms with van der Waals surface area (Å²) in [6.07, 6.45) is -2.80. The van der Waals surface area contributed by atoms with Gasteiger partial charge in [-0.05, 0) is 13.0 Å². The van der Waals surface area contributed by atoms with Crippen LogP contribution >= 0.6 is 0 Å². The highest BCUT2D eigenvalue weighted by molar-refractivity contribution is 5.47. The van der Waals surface area contributed by atoms with Crippen molar-refractivity contribution in [2.75, 3.05) is 18.5 Å². The molecule has 1 unspecified atom stereocenters. The second-order valence-corrected chi connectivity index (χ2v) is 3.68. The standard InChI is InChI=1S/C10H14F3N3/c1-7(14)8-4-3-5-15-9(8)16(2)6-10(11,12)13/h3-5,7H,6,14H2,1-2H3. The Morgan fingerprint density at radius 2 is 2.12 bits per heavy atom. The Hall–Kier alpha value is -1.30. The molecular weight excluding hydrogens is 219 g/mol. The van der Waals surface area contributed by atoms with Crippen LogP contribution in [0.3, 0.4) is 0 Å². The van der Waals surface area contributed by atoms with Crippen LogP contribution in [0.25, 0.3) is 0 Å². The fourth-order valence-electron chi connectivity index (χ4n) is 1.43. The summed E-state index contributed by atoms with van der Waals surface area (Å²) in [6.45, 7) is 0.672. The molecule has 16 heavy (non-hydrogen) atoms. The SMILES string of the molecule is CC(N)c1cccnc1N(C)CC(F)(F)F. The Kier molecular flexibility index (Phi) is 3.74. The number of rotatable bonds is 3. The van der Waals surface area contributed by atoms with Gasteiger partial charge in [0.15, 0.2) is 0 Å². The molecule has 1 atom stereocenters. The minimum Gasteiger partial charge on any atom is -0.350 e. The van der Waals surface area contributed by atoms with E-state index in [0.29, 0.717) is 5.56 Å². The molecule has 0 spiro atoms. The summed E-state index contributed by atoms with van der Waals surface area (Å²) in [5, 5.41) is 0. The van der Waals surface area contributed by atoms with Crippen molar-refractivity contribution < 1.29 is 13.2 Å². The van der Waals surface area contributed by atoms with Gasteiger partial charge in [-0.15, -0.1) is 0 Å². The molecule has 0 radical (unpaired) electrons. The Bertz CT molecular complexity index is 349. The quantitative estimate of drug-likeness (QED) is 0.869. The van der Waals surface area contributed by atoms with E-state index < -0.39 is 12.7 Å². The van der Waals surface area contributed by atoms with Crippen LogP contribution in [0.15, 0.2) is 18.3 Å². The third kappa shape index (κ3) is 3.37. The number of anilines is 1. The maximum Gasteiger partial charge on any atom is 0.405 e. The highest BCUT2D eigenvalue weighted by atomic mass is 19.4. The van der Waals surface area contributed by atoms with E-state index >= 15 is 0 Å². The van der Waals surface area contributed by atoms with Crippen LogP contribution in [-0.4, -0.2) is 24.8 Å². The van der Waals surface area contributed by atoms with Crippen molar-refractivity contribution in [1.82, 2.24) is 4.98 Å². The summed E-state index contributed by atoms with van der Waals surface area (Å²) in [7, 11) is 1.35. The van der Waals surface area contributed by atoms with Crippen molar-refractivity contribution in [3.05, 3.63) is 23.9 Å². The fraction of sp³-hybridized carbons (Fsp3) is 0.500. The minimum atomic E-state index is -4.25. The van der Waals surface area contributed by atoms with E-state index in [9.17, 15) is 13.2 Å². The van der Waals surface area contributed by atoms with Gasteiger partial charge in [0, 0.05) is 24.8 Å². The number of pyridine rings is 1. The Morgan fingerprint density at radius 1 is 1.50 bits per heavy atom. The molecule has 1 aromatic heterocycles. The first-order valence-electron chi connectivity index (χ1n) is 4.79. The molecule has 1 heterocycles. The Morgan fingerprint density at radius 3 is 2.62 bits per heavy atom. The Balaban J connectivity index is 2.95. The van der Waals surface area contributed by atoms with E-state index in [0.717, 1.165) is 4.90 Å². The maximum atomic E-state index is 12.2. The summed E-state index contributed by atoms with van der Waals surface area (Å²) in [5.41, 5.74) is 6.27. The van der Waals surface area contributed by atoms with Crippen molar-refractivity contribution in [1.29, 1.82) is 0 Å². The zero-order chi connectivity index (χ0) is 12.3. The van der Waals surface area contributed by atoms with Crippen LogP contribution in [0.5, 0.6) is 0 Å². The molecule has 1 rings (SSSR count). The summed E-state index contributed by atoms with van der Waals surface area (Å²) < 4.78 is 36.7. The molecule has 0 saturated carbocycles. The third-order valence-electron chi connectivity index (χ3n) is 2.09. The van der Waals surface area contributed by atoms with Crippen molar-refractivity contribution in [3.63, 3.8) is 0 Å². The molecule has 0 saturated heterocycles. The van der Waals surface area contributed by atoms with Gasteiger partial charge in [0.25, 0.3) is 0 Å². The van der Waals surface area contributed by atoms with Crippen molar-refractivity contribution in [3.8, 4) is 0 Å². The highest BCUT2D eigenvalue weighted by Crippen LogP contribution is 2.24. The second-order valence-electron chi connectivity index (χ2n) is 3.68. The average Bonchev–Trinajstić information content (AvgIpc) is 2.15. The smallest absolute Gasteiger partial charge is 0.350 e. The molecule has 0 aromatic carbocycles. The van der Waals surface area contributed by atoms with E-state index in [1.807, 2.05) is 0 Å². The first-order valence-corrected chi connectivity index (χ1v) is 4.79. The Labute approximate surface area is 92.1 Å². The summed E-state index contributed by atoms with van der Waals surface area (Å²) in [4.78, 5) is 4.98. The van der Waals surface area contributed by atoms with Crippen LogP contribution in [0.4, 0.5) is 19.0 Å². The molecule has 90 valence electrons. The lowest BCUT2D eigenvalue weighted by atomic mass is 10.1. The van der Waals surface area contributed by atoms with Gasteiger partial charge in [0.05, 0.1) is 0 Å². The molecule has 0 aliphatic carbocycles. The number of halogens is 3. The summed E-state index contributed by atoms with van der Waals surface area (Å²) >= 11 is 0. The molecule has 0 aliphatic rings. The predicted molar refractivity (Wildman–Crippen MR) is 56.2 cm³/mol. The second kappa shape index (κ2) is 4.69. The first-order chi connectivity index (χ1) is 7.31. The van der Waals surface area contributed by atoms with Gasteiger partial charge in [0.2, 0.25) is 0 Å². The molecule has 0 amide bonds. The lowest BCUT2D eigenvalue weighted by Gasteiger charge is -2.23. The molecule has 0 bridgehead atoms. The number of nitrogens with zero attached hydrogens (tertiary/aromatic N) is 2. The lowest BCUT2D eigenvalue weighted by molar-refractivity contribution is -0.119. The maximum absolute atomic E-state index is 12.2. The number of aromatic nitrogens is 1. The first kappa shape index (κ1) is 12.8. The number of hydrogen-bond donors (Lipinski definition) is 1. The molecule has 2 N–H and O–H groups in total. The van der Waals surface area contributed by atoms with Gasteiger partial charge >= 0.3 is 6.18 Å². The van der Waals surface area contributed by atoms with E-state index in [2.05, 4.69) is 4.98 Å². The topological polar surface area (TPSA) is 42.1 Å². The van der Waals surface area contributed by atoms with Gasteiger partial charge in [-0.3, -0.25) is 0 Å². The molecule has 6 heteroatoms. The normalized spacial score (nSPS) is 13.6. The molecule has 0 aliphatic heterocycles. The highest BCUT2D eigenvalue weighted by Gasteiger charge is 2.30. The van der Waals surface area contributed by atoms with E-state index in [4.69, 9.17) is 5.73 Å². The van der Waals surface area contributed by atoms with Gasteiger partial charge in [-0.1, -0.05) is 6.07 Å². The van der Waals surface area contributed by atoms with Gasteiger partial charge in [-0.2, -0.15) is 13.2 Å². The molecular formula is C10H14F3N3. The van der Waals surface area contributed by atoms with Crippen LogP contribution in [0.2, 0.25) is 0 Å². The van der Waals surface area contributed by atoms with Gasteiger partial charge < -0.3 is 10.6 Å². The van der Waals surface area contributed by atoms with Crippen molar-refractivity contribution in [2.24, 2.45) is 5.73 Å². The van der Waals surface area contributed by atoms with Crippen molar-refractivity contribution in [2.45, 2.75) is 19.1 Å². The van der Waals surface area contributed by atoms with E-state index in [1.165, 1.54) is 13.2 Å². The van der Waals surface area contributed by atoms with Crippen LogP contribution < -0.4 is 10.6 Å². The number of nitrogens with two attached hydrogens (primary N) is 1. The van der Waals surface area contributed by atoms with E-state index in [1.54, 1.807) is 19.1 Å². The van der Waals surface area contributed by atoms with Crippen molar-refractivity contribution >= 4 is 5.82 Å². The monoisotopic (exact) mass is 233 g/mol. The number of alkyl halides is 3. The van der Waals surface area contributed by atoms with Crippen LogP contribution in [0, 0.1) is 0 Å². The zero-order valence-electron chi connectivity index (χ0n) is 9.12. The largest absolute Gasteiger partial charge is 0.405 e. The zero-order valence-corrected chi connectivity index (χ0v) is 9.12. The predicted octanol–water partition coefficient (Wildman–Crippen LogP) is 2.10. The summed E-state index contributed by atoms with van der Waals surface area (Å²) in [5.74, 6) is 0.273. The van der Waals surface area contributed by atoms with Gasteiger partial charge in [0.1, 0.15) is 12.4 Å². The van der Waals surface area contributed by atoms with Crippen LogP contribution in [0.1, 0.15) is 18.5 Å². The van der Waals surface area contributed by atoms with E-state index in [-0.39, 0.29) is 11.9 Å².